The largest absolute Gasteiger partial charge is 0.210 e. The molecule has 0 fully saturated rings. The first-order valence-corrected chi connectivity index (χ1v) is 6.51. The van der Waals surface area contributed by atoms with Crippen LogP contribution in [0, 0.1) is 0 Å². The van der Waals surface area contributed by atoms with Crippen molar-refractivity contribution in [1.82, 2.24) is 0 Å². The van der Waals surface area contributed by atoms with Gasteiger partial charge in [0.05, 0.1) is 7.11 Å². The van der Waals surface area contributed by atoms with E-state index in [0.29, 0.717) is 0 Å². The highest BCUT2D eigenvalue weighted by Gasteiger charge is 2.19. The van der Waals surface area contributed by atoms with E-state index in [1.54, 1.807) is 0 Å². The monoisotopic (exact) mass is 232 g/mol. The third-order valence-electron chi connectivity index (χ3n) is 2.71. The van der Waals surface area contributed by atoms with Gasteiger partial charge in [-0.3, -0.25) is 0 Å². The Bertz CT molecular complexity index is 146. The molecule has 0 unspecified atom stereocenters. The molecule has 0 aliphatic heterocycles. The summed E-state index contributed by atoms with van der Waals surface area (Å²) in [6.45, 7) is 6.28. The molecule has 0 N–H and O–H groups in total. The summed E-state index contributed by atoms with van der Waals surface area (Å²) in [4.78, 5) is 9.53. The fourth-order valence-electron chi connectivity index (χ4n) is 1.68. The summed E-state index contributed by atoms with van der Waals surface area (Å²) in [5.41, 5.74) is -0.251. The molecule has 3 nitrogen and oxygen atoms in total. The molecule has 0 aromatic carbocycles. The lowest BCUT2D eigenvalue weighted by molar-refractivity contribution is -0.532. The van der Waals surface area contributed by atoms with E-state index in [1.165, 1.54) is 52.1 Å². The Balaban J connectivity index is 3.29. The maximum Gasteiger partial charge on any atom is 0.101 e. The minimum Gasteiger partial charge on any atom is -0.210 e. The first kappa shape index (κ1) is 15.9. The minimum absolute atomic E-state index is 0.251. The van der Waals surface area contributed by atoms with Gasteiger partial charge in [-0.15, -0.1) is 0 Å². The van der Waals surface area contributed by atoms with Crippen LogP contribution < -0.4 is 0 Å². The molecule has 0 aromatic heterocycles. The van der Waals surface area contributed by atoms with Crippen molar-refractivity contribution < 1.29 is 14.8 Å². The zero-order chi connectivity index (χ0) is 12.3. The second-order valence-electron chi connectivity index (χ2n) is 4.95. The molecule has 0 spiro atoms. The van der Waals surface area contributed by atoms with Gasteiger partial charge in [0.1, 0.15) is 5.60 Å². The molecule has 0 bridgehead atoms. The van der Waals surface area contributed by atoms with Gasteiger partial charge in [0.2, 0.25) is 0 Å². The van der Waals surface area contributed by atoms with Crippen LogP contribution in [0.4, 0.5) is 0 Å². The average Bonchev–Trinajstić information content (AvgIpc) is 2.25. The van der Waals surface area contributed by atoms with Gasteiger partial charge in [0.15, 0.2) is 0 Å². The van der Waals surface area contributed by atoms with Crippen LogP contribution in [0.2, 0.25) is 0 Å². The normalized spacial score (nSPS) is 12.0. The summed E-state index contributed by atoms with van der Waals surface area (Å²) in [5, 5.41) is 4.51. The van der Waals surface area contributed by atoms with Gasteiger partial charge in [0.25, 0.3) is 0 Å². The fraction of sp³-hybridized carbons (Fsp3) is 1.00. The van der Waals surface area contributed by atoms with Crippen LogP contribution in [0.15, 0.2) is 0 Å². The average molecular weight is 232 g/mol. The molecule has 0 radical (unpaired) electrons. The molecule has 0 amide bonds. The van der Waals surface area contributed by atoms with Gasteiger partial charge in [-0.05, 0) is 20.3 Å². The number of unbranched alkanes of at least 4 members (excludes halogenated alkanes) is 6. The van der Waals surface area contributed by atoms with Crippen LogP contribution in [-0.4, -0.2) is 12.7 Å². The van der Waals surface area contributed by atoms with Crippen LogP contribution in [0.5, 0.6) is 0 Å². The SMILES string of the molecule is CCCCCCCCCC(C)(C)OOOC. The van der Waals surface area contributed by atoms with Crippen LogP contribution in [0.25, 0.3) is 0 Å². The van der Waals surface area contributed by atoms with Gasteiger partial charge >= 0.3 is 0 Å². The Morgan fingerprint density at radius 1 is 0.875 bits per heavy atom. The highest BCUT2D eigenvalue weighted by Crippen LogP contribution is 2.19. The molecule has 0 aliphatic carbocycles. The van der Waals surface area contributed by atoms with Crippen molar-refractivity contribution in [3.8, 4) is 0 Å². The Morgan fingerprint density at radius 2 is 1.44 bits per heavy atom. The highest BCUT2D eigenvalue weighted by molar-refractivity contribution is 4.66. The Hall–Kier alpha value is -0.120. The molecule has 0 rings (SSSR count). The first-order chi connectivity index (χ1) is 7.62. The molecular formula is C13H28O3. The summed E-state index contributed by atoms with van der Waals surface area (Å²) < 4.78 is 0. The van der Waals surface area contributed by atoms with Crippen molar-refractivity contribution in [1.29, 1.82) is 0 Å². The lowest BCUT2D eigenvalue weighted by Gasteiger charge is -2.21. The fourth-order valence-corrected chi connectivity index (χ4v) is 1.68. The third-order valence-corrected chi connectivity index (χ3v) is 2.71. The predicted molar refractivity (Wildman–Crippen MR) is 65.9 cm³/mol. The Labute approximate surface area is 100 Å². The van der Waals surface area contributed by atoms with Crippen molar-refractivity contribution in [3.05, 3.63) is 0 Å². The molecule has 0 heterocycles. The van der Waals surface area contributed by atoms with E-state index in [4.69, 9.17) is 4.89 Å². The summed E-state index contributed by atoms with van der Waals surface area (Å²) in [6, 6.07) is 0. The van der Waals surface area contributed by atoms with Gasteiger partial charge in [-0.25, -0.2) is 9.78 Å². The molecule has 0 saturated heterocycles. The van der Waals surface area contributed by atoms with E-state index in [9.17, 15) is 0 Å². The molecule has 16 heavy (non-hydrogen) atoms. The smallest absolute Gasteiger partial charge is 0.101 e. The maximum atomic E-state index is 5.10. The van der Waals surface area contributed by atoms with E-state index in [-0.39, 0.29) is 5.60 Å². The molecule has 0 atom stereocenters. The van der Waals surface area contributed by atoms with Crippen LogP contribution in [-0.2, 0) is 14.8 Å². The van der Waals surface area contributed by atoms with Crippen molar-refractivity contribution in [2.24, 2.45) is 0 Å². The maximum absolute atomic E-state index is 5.10. The van der Waals surface area contributed by atoms with Crippen LogP contribution >= 0.6 is 0 Å². The summed E-state index contributed by atoms with van der Waals surface area (Å²) in [7, 11) is 1.45. The highest BCUT2D eigenvalue weighted by atomic mass is 17.5. The molecule has 0 aromatic rings. The van der Waals surface area contributed by atoms with E-state index in [1.807, 2.05) is 13.8 Å². The third kappa shape index (κ3) is 10.4. The quantitative estimate of drug-likeness (QED) is 0.300. The van der Waals surface area contributed by atoms with Crippen molar-refractivity contribution >= 4 is 0 Å². The standard InChI is InChI=1S/C13H28O3/c1-5-6-7-8-9-10-11-12-13(2,3)15-16-14-4/h5-12H2,1-4H3. The molecule has 3 heteroatoms. The van der Waals surface area contributed by atoms with Crippen LogP contribution in [0.1, 0.15) is 72.1 Å². The van der Waals surface area contributed by atoms with E-state index in [2.05, 4.69) is 16.8 Å². The second-order valence-corrected chi connectivity index (χ2v) is 4.95. The molecule has 0 saturated carbocycles. The van der Waals surface area contributed by atoms with Gasteiger partial charge < -0.3 is 0 Å². The summed E-state index contributed by atoms with van der Waals surface area (Å²) >= 11 is 0. The minimum atomic E-state index is -0.251. The number of hydrogen-bond donors (Lipinski definition) is 0. The summed E-state index contributed by atoms with van der Waals surface area (Å²) in [6.07, 6.45) is 10.2. The molecular weight excluding hydrogens is 204 g/mol. The van der Waals surface area contributed by atoms with Crippen molar-refractivity contribution in [2.45, 2.75) is 77.7 Å². The number of rotatable bonds is 11. The zero-order valence-corrected chi connectivity index (χ0v) is 11.4. The topological polar surface area (TPSA) is 27.7 Å². The Morgan fingerprint density at radius 3 is 2.00 bits per heavy atom. The Kier molecular flexibility index (Phi) is 9.99. The molecule has 0 aliphatic rings. The van der Waals surface area contributed by atoms with E-state index >= 15 is 0 Å². The lowest BCUT2D eigenvalue weighted by atomic mass is 9.99. The van der Waals surface area contributed by atoms with Crippen molar-refractivity contribution in [2.75, 3.05) is 7.11 Å². The zero-order valence-electron chi connectivity index (χ0n) is 11.4. The molecule has 98 valence electrons. The first-order valence-electron chi connectivity index (χ1n) is 6.51. The van der Waals surface area contributed by atoms with Gasteiger partial charge in [-0.1, -0.05) is 56.9 Å². The lowest BCUT2D eigenvalue weighted by Crippen LogP contribution is -2.24. The van der Waals surface area contributed by atoms with Gasteiger partial charge in [0, 0.05) is 0 Å². The van der Waals surface area contributed by atoms with Crippen molar-refractivity contribution in [3.63, 3.8) is 0 Å². The van der Waals surface area contributed by atoms with E-state index in [0.717, 1.165) is 6.42 Å². The van der Waals surface area contributed by atoms with E-state index < -0.39 is 0 Å². The predicted octanol–water partition coefficient (Wildman–Crippen LogP) is 4.42. The number of hydrogen-bond acceptors (Lipinski definition) is 3. The summed E-state index contributed by atoms with van der Waals surface area (Å²) in [5.74, 6) is 0. The van der Waals surface area contributed by atoms with Gasteiger partial charge in [-0.2, -0.15) is 0 Å². The second kappa shape index (κ2) is 10.1. The van der Waals surface area contributed by atoms with Crippen LogP contribution in [0.3, 0.4) is 0 Å².